The summed E-state index contributed by atoms with van der Waals surface area (Å²) in [6.45, 7) is 6.57. The molecule has 0 aromatic heterocycles. The van der Waals surface area contributed by atoms with Crippen molar-refractivity contribution in [1.29, 1.82) is 0 Å². The lowest BCUT2D eigenvalue weighted by Gasteiger charge is -2.20. The first-order chi connectivity index (χ1) is 7.01. The van der Waals surface area contributed by atoms with Gasteiger partial charge in [0.25, 0.3) is 0 Å². The van der Waals surface area contributed by atoms with Gasteiger partial charge < -0.3 is 15.7 Å². The second-order valence-electron chi connectivity index (χ2n) is 4.14. The Kier molecular flexibility index (Phi) is 7.34. The van der Waals surface area contributed by atoms with Crippen LogP contribution in [0.1, 0.15) is 33.6 Å². The maximum atomic E-state index is 11.0. The van der Waals surface area contributed by atoms with Crippen molar-refractivity contribution in [1.82, 2.24) is 10.6 Å². The molecule has 1 amide bonds. The molecule has 0 saturated heterocycles. The Balaban J connectivity index is 3.70. The van der Waals surface area contributed by atoms with Crippen LogP contribution in [0, 0.1) is 5.92 Å². The van der Waals surface area contributed by atoms with Crippen LogP contribution in [0.2, 0.25) is 0 Å². The summed E-state index contributed by atoms with van der Waals surface area (Å²) in [4.78, 5) is 11.0. The number of rotatable bonds is 7. The van der Waals surface area contributed by atoms with Crippen LogP contribution >= 0.6 is 0 Å². The summed E-state index contributed by atoms with van der Waals surface area (Å²) in [7, 11) is 1.63. The van der Waals surface area contributed by atoms with Gasteiger partial charge in [-0.25, -0.2) is 0 Å². The zero-order valence-corrected chi connectivity index (χ0v) is 10.2. The van der Waals surface area contributed by atoms with E-state index >= 15 is 0 Å². The molecular weight excluding hydrogens is 192 g/mol. The third-order valence-electron chi connectivity index (χ3n) is 2.75. The lowest BCUT2D eigenvalue weighted by atomic mass is 10.0. The van der Waals surface area contributed by atoms with E-state index in [1.807, 2.05) is 13.8 Å². The van der Waals surface area contributed by atoms with Gasteiger partial charge in [-0.1, -0.05) is 20.3 Å². The molecule has 0 aliphatic rings. The average Bonchev–Trinajstić information content (AvgIpc) is 2.24. The topological polar surface area (TPSA) is 61.4 Å². The highest BCUT2D eigenvalue weighted by Crippen LogP contribution is 2.06. The molecule has 3 unspecified atom stereocenters. The molecule has 0 bridgehead atoms. The van der Waals surface area contributed by atoms with Crippen LogP contribution in [0.5, 0.6) is 0 Å². The smallest absolute Gasteiger partial charge is 0.221 e. The van der Waals surface area contributed by atoms with Crippen LogP contribution in [-0.4, -0.2) is 36.8 Å². The minimum atomic E-state index is -0.331. The Labute approximate surface area is 92.4 Å². The Morgan fingerprint density at radius 3 is 2.47 bits per heavy atom. The van der Waals surface area contributed by atoms with Gasteiger partial charge in [0.1, 0.15) is 0 Å². The van der Waals surface area contributed by atoms with E-state index in [0.29, 0.717) is 18.9 Å². The standard InChI is InChI=1S/C11H24N2O2/c1-5-8(2)10(14)7-13-9(3)6-11(15)12-4/h8-10,13-14H,5-7H2,1-4H3,(H,12,15). The Morgan fingerprint density at radius 1 is 1.40 bits per heavy atom. The average molecular weight is 216 g/mol. The SMILES string of the molecule is CCC(C)C(O)CNC(C)CC(=O)NC. The predicted octanol–water partition coefficient (Wildman–Crippen LogP) is 0.508. The quantitative estimate of drug-likeness (QED) is 0.581. The molecule has 4 nitrogen and oxygen atoms in total. The molecule has 15 heavy (non-hydrogen) atoms. The first-order valence-electron chi connectivity index (χ1n) is 5.63. The minimum absolute atomic E-state index is 0.0213. The van der Waals surface area contributed by atoms with Crippen molar-refractivity contribution in [3.8, 4) is 0 Å². The molecule has 4 heteroatoms. The summed E-state index contributed by atoms with van der Waals surface area (Å²) >= 11 is 0. The molecular formula is C11H24N2O2. The van der Waals surface area contributed by atoms with E-state index in [1.54, 1.807) is 7.05 Å². The molecule has 0 spiro atoms. The van der Waals surface area contributed by atoms with Crippen molar-refractivity contribution in [2.24, 2.45) is 5.92 Å². The van der Waals surface area contributed by atoms with Gasteiger partial charge in [-0.2, -0.15) is 0 Å². The number of carbonyl (C=O) groups excluding carboxylic acids is 1. The van der Waals surface area contributed by atoms with Gasteiger partial charge in [-0.05, 0) is 12.8 Å². The monoisotopic (exact) mass is 216 g/mol. The molecule has 0 aliphatic carbocycles. The Bertz CT molecular complexity index is 185. The normalized spacial score (nSPS) is 16.9. The van der Waals surface area contributed by atoms with Crippen molar-refractivity contribution in [2.45, 2.75) is 45.8 Å². The van der Waals surface area contributed by atoms with Gasteiger partial charge in [0, 0.05) is 26.1 Å². The number of aliphatic hydroxyl groups excluding tert-OH is 1. The molecule has 0 rings (SSSR count). The van der Waals surface area contributed by atoms with Crippen molar-refractivity contribution >= 4 is 5.91 Å². The largest absolute Gasteiger partial charge is 0.392 e. The number of amides is 1. The van der Waals surface area contributed by atoms with Gasteiger partial charge >= 0.3 is 0 Å². The Morgan fingerprint density at radius 2 is 2.00 bits per heavy atom. The molecule has 0 aromatic carbocycles. The second-order valence-corrected chi connectivity index (χ2v) is 4.14. The minimum Gasteiger partial charge on any atom is -0.392 e. The fourth-order valence-electron chi connectivity index (χ4n) is 1.25. The van der Waals surface area contributed by atoms with Crippen LogP contribution in [0.15, 0.2) is 0 Å². The third kappa shape index (κ3) is 6.47. The van der Waals surface area contributed by atoms with Gasteiger partial charge in [0.2, 0.25) is 5.91 Å². The molecule has 3 N–H and O–H groups in total. The van der Waals surface area contributed by atoms with Crippen LogP contribution in [0.25, 0.3) is 0 Å². The van der Waals surface area contributed by atoms with E-state index in [-0.39, 0.29) is 18.1 Å². The third-order valence-corrected chi connectivity index (χ3v) is 2.75. The van der Waals surface area contributed by atoms with E-state index in [9.17, 15) is 9.90 Å². The molecule has 0 aliphatic heterocycles. The first kappa shape index (κ1) is 14.4. The van der Waals surface area contributed by atoms with Crippen molar-refractivity contribution in [3.05, 3.63) is 0 Å². The summed E-state index contributed by atoms with van der Waals surface area (Å²) in [6, 6.07) is 0.101. The number of aliphatic hydroxyl groups is 1. The number of nitrogens with one attached hydrogen (secondary N) is 2. The number of carbonyl (C=O) groups is 1. The number of hydrogen-bond donors (Lipinski definition) is 3. The maximum Gasteiger partial charge on any atom is 0.221 e. The second kappa shape index (κ2) is 7.65. The molecule has 0 heterocycles. The van der Waals surface area contributed by atoms with Gasteiger partial charge in [-0.15, -0.1) is 0 Å². The molecule has 3 atom stereocenters. The van der Waals surface area contributed by atoms with Gasteiger partial charge in [0.15, 0.2) is 0 Å². The van der Waals surface area contributed by atoms with E-state index in [1.165, 1.54) is 0 Å². The summed E-state index contributed by atoms with van der Waals surface area (Å²) < 4.78 is 0. The van der Waals surface area contributed by atoms with Crippen LogP contribution in [0.3, 0.4) is 0 Å². The van der Waals surface area contributed by atoms with E-state index < -0.39 is 0 Å². The van der Waals surface area contributed by atoms with Crippen molar-refractivity contribution < 1.29 is 9.90 Å². The lowest BCUT2D eigenvalue weighted by molar-refractivity contribution is -0.121. The lowest BCUT2D eigenvalue weighted by Crippen LogP contribution is -2.39. The summed E-state index contributed by atoms with van der Waals surface area (Å²) in [5.41, 5.74) is 0. The fourth-order valence-corrected chi connectivity index (χ4v) is 1.25. The summed E-state index contributed by atoms with van der Waals surface area (Å²) in [5, 5.41) is 15.4. The van der Waals surface area contributed by atoms with E-state index in [4.69, 9.17) is 0 Å². The van der Waals surface area contributed by atoms with E-state index in [2.05, 4.69) is 17.6 Å². The predicted molar refractivity (Wildman–Crippen MR) is 61.6 cm³/mol. The van der Waals surface area contributed by atoms with Crippen LogP contribution in [0.4, 0.5) is 0 Å². The van der Waals surface area contributed by atoms with E-state index in [0.717, 1.165) is 6.42 Å². The summed E-state index contributed by atoms with van der Waals surface area (Å²) in [5.74, 6) is 0.317. The van der Waals surface area contributed by atoms with Gasteiger partial charge in [0.05, 0.1) is 6.10 Å². The zero-order valence-electron chi connectivity index (χ0n) is 10.2. The maximum absolute atomic E-state index is 11.0. The molecule has 0 radical (unpaired) electrons. The highest BCUT2D eigenvalue weighted by molar-refractivity contribution is 5.76. The zero-order chi connectivity index (χ0) is 11.8. The molecule has 0 saturated carbocycles. The van der Waals surface area contributed by atoms with Crippen molar-refractivity contribution in [3.63, 3.8) is 0 Å². The Hall–Kier alpha value is -0.610. The summed E-state index contributed by atoms with van der Waals surface area (Å²) in [6.07, 6.45) is 1.08. The molecule has 0 fully saturated rings. The van der Waals surface area contributed by atoms with Crippen LogP contribution < -0.4 is 10.6 Å². The first-order valence-corrected chi connectivity index (χ1v) is 5.63. The van der Waals surface area contributed by atoms with Crippen molar-refractivity contribution in [2.75, 3.05) is 13.6 Å². The van der Waals surface area contributed by atoms with Gasteiger partial charge in [-0.3, -0.25) is 4.79 Å². The molecule has 90 valence electrons. The van der Waals surface area contributed by atoms with Crippen LogP contribution in [-0.2, 0) is 4.79 Å². The number of hydrogen-bond acceptors (Lipinski definition) is 3. The highest BCUT2D eigenvalue weighted by atomic mass is 16.3. The molecule has 0 aromatic rings. The fraction of sp³-hybridized carbons (Fsp3) is 0.909. The highest BCUT2D eigenvalue weighted by Gasteiger charge is 2.14.